The van der Waals surface area contributed by atoms with Crippen molar-refractivity contribution < 1.29 is 4.79 Å². The molecule has 4 N–H and O–H groups in total. The highest BCUT2D eigenvalue weighted by Crippen LogP contribution is 2.28. The van der Waals surface area contributed by atoms with Gasteiger partial charge in [-0.15, -0.1) is 12.4 Å². The van der Waals surface area contributed by atoms with Crippen molar-refractivity contribution in [2.75, 3.05) is 0 Å². The number of para-hydroxylation sites is 1. The number of benzene rings is 1. The molecule has 27 heavy (non-hydrogen) atoms. The van der Waals surface area contributed by atoms with Gasteiger partial charge in [0.25, 0.3) is 5.91 Å². The average Bonchev–Trinajstić information content (AvgIpc) is 3.00. The molecule has 0 aliphatic heterocycles. The summed E-state index contributed by atoms with van der Waals surface area (Å²) in [6.45, 7) is 1.93. The first-order valence-electron chi connectivity index (χ1n) is 8.03. The number of halogens is 1. The second kappa shape index (κ2) is 7.05. The summed E-state index contributed by atoms with van der Waals surface area (Å²) in [4.78, 5) is 21.5. The third-order valence-electron chi connectivity index (χ3n) is 4.14. The van der Waals surface area contributed by atoms with Gasteiger partial charge in [0.1, 0.15) is 5.65 Å². The van der Waals surface area contributed by atoms with Gasteiger partial charge in [-0.1, -0.05) is 18.2 Å². The van der Waals surface area contributed by atoms with Gasteiger partial charge in [0.15, 0.2) is 5.96 Å². The lowest BCUT2D eigenvalue weighted by Crippen LogP contribution is -2.35. The molecule has 4 aromatic rings. The standard InChI is InChI=1S/C19H16N6O.ClH/c1-11-9-16(13-5-2-3-7-15(13)23-11)25-10-14(18(26)24-19(20)21)12-6-4-8-22-17(12)25;/h2-10H,1H3,(H4,20,21,24,26);1H. The minimum atomic E-state index is -0.440. The Bertz CT molecular complexity index is 1180. The minimum absolute atomic E-state index is 0. The van der Waals surface area contributed by atoms with Crippen molar-refractivity contribution in [1.82, 2.24) is 19.9 Å². The molecule has 136 valence electrons. The van der Waals surface area contributed by atoms with Crippen LogP contribution in [0.15, 0.2) is 54.9 Å². The van der Waals surface area contributed by atoms with Crippen LogP contribution >= 0.6 is 12.4 Å². The number of hydrogen-bond acceptors (Lipinski definition) is 4. The molecule has 0 bridgehead atoms. The maximum atomic E-state index is 12.5. The molecule has 0 atom stereocenters. The summed E-state index contributed by atoms with van der Waals surface area (Å²) in [7, 11) is 0. The summed E-state index contributed by atoms with van der Waals surface area (Å²) in [6.07, 6.45) is 3.40. The highest BCUT2D eigenvalue weighted by molar-refractivity contribution is 6.12. The molecule has 0 saturated carbocycles. The van der Waals surface area contributed by atoms with Crippen molar-refractivity contribution in [1.29, 1.82) is 5.41 Å². The maximum absolute atomic E-state index is 12.5. The molecule has 8 heteroatoms. The van der Waals surface area contributed by atoms with Crippen LogP contribution in [0.5, 0.6) is 0 Å². The topological polar surface area (TPSA) is 110 Å². The van der Waals surface area contributed by atoms with Crippen LogP contribution < -0.4 is 11.1 Å². The Kier molecular flexibility index (Phi) is 4.79. The van der Waals surface area contributed by atoms with Crippen molar-refractivity contribution >= 4 is 46.2 Å². The SMILES string of the molecule is Cc1cc(-n2cc(C(=O)NC(=N)N)c3cccnc32)c2ccccc2n1.Cl. The zero-order valence-corrected chi connectivity index (χ0v) is 15.2. The molecule has 0 aliphatic carbocycles. The Hall–Kier alpha value is -3.45. The summed E-state index contributed by atoms with van der Waals surface area (Å²) in [5.41, 5.74) is 8.99. The van der Waals surface area contributed by atoms with E-state index in [4.69, 9.17) is 11.1 Å². The number of nitrogens with two attached hydrogens (primary N) is 1. The Labute approximate surface area is 161 Å². The van der Waals surface area contributed by atoms with Gasteiger partial charge in [0.05, 0.1) is 16.8 Å². The first-order chi connectivity index (χ1) is 12.5. The van der Waals surface area contributed by atoms with Crippen LogP contribution in [0.3, 0.4) is 0 Å². The Balaban J connectivity index is 0.00000210. The molecule has 0 spiro atoms. The van der Waals surface area contributed by atoms with E-state index in [2.05, 4.69) is 15.3 Å². The van der Waals surface area contributed by atoms with Crippen LogP contribution in [-0.2, 0) is 0 Å². The highest BCUT2D eigenvalue weighted by Gasteiger charge is 2.18. The molecule has 1 aromatic carbocycles. The minimum Gasteiger partial charge on any atom is -0.370 e. The van der Waals surface area contributed by atoms with E-state index >= 15 is 0 Å². The lowest BCUT2D eigenvalue weighted by molar-refractivity contribution is 0.0978. The smallest absolute Gasteiger partial charge is 0.260 e. The van der Waals surface area contributed by atoms with E-state index in [0.717, 1.165) is 22.3 Å². The van der Waals surface area contributed by atoms with Crippen LogP contribution in [-0.4, -0.2) is 26.4 Å². The van der Waals surface area contributed by atoms with E-state index < -0.39 is 11.9 Å². The Morgan fingerprint density at radius 1 is 1.19 bits per heavy atom. The number of aromatic nitrogens is 3. The first-order valence-corrected chi connectivity index (χ1v) is 8.03. The quantitative estimate of drug-likeness (QED) is 0.367. The molecule has 7 nitrogen and oxygen atoms in total. The highest BCUT2D eigenvalue weighted by atomic mass is 35.5. The molecule has 1 amide bonds. The lowest BCUT2D eigenvalue weighted by atomic mass is 10.1. The molecule has 4 rings (SSSR count). The molecule has 0 aliphatic rings. The van der Waals surface area contributed by atoms with E-state index in [1.807, 2.05) is 47.9 Å². The van der Waals surface area contributed by atoms with Gasteiger partial charge >= 0.3 is 0 Å². The summed E-state index contributed by atoms with van der Waals surface area (Å²) in [6, 6.07) is 13.4. The van der Waals surface area contributed by atoms with Gasteiger partial charge in [-0.05, 0) is 31.2 Å². The van der Waals surface area contributed by atoms with Gasteiger partial charge in [-0.3, -0.25) is 25.1 Å². The molecule has 3 heterocycles. The third kappa shape index (κ3) is 3.20. The van der Waals surface area contributed by atoms with E-state index in [1.165, 1.54) is 0 Å². The summed E-state index contributed by atoms with van der Waals surface area (Å²) >= 11 is 0. The van der Waals surface area contributed by atoms with Gasteiger partial charge in [0.2, 0.25) is 0 Å². The summed E-state index contributed by atoms with van der Waals surface area (Å²) < 4.78 is 1.88. The number of pyridine rings is 2. The molecule has 0 saturated heterocycles. The molecule has 0 unspecified atom stereocenters. The fraction of sp³-hybridized carbons (Fsp3) is 0.0526. The Morgan fingerprint density at radius 3 is 2.70 bits per heavy atom. The summed E-state index contributed by atoms with van der Waals surface area (Å²) in [5, 5.41) is 11.3. The van der Waals surface area contributed by atoms with Crippen LogP contribution in [0.4, 0.5) is 0 Å². The molecular formula is C19H17ClN6O. The first kappa shape index (κ1) is 18.3. The van der Waals surface area contributed by atoms with Crippen molar-refractivity contribution in [3.8, 4) is 5.69 Å². The fourth-order valence-electron chi connectivity index (χ4n) is 3.10. The van der Waals surface area contributed by atoms with Gasteiger partial charge < -0.3 is 5.73 Å². The number of amides is 1. The second-order valence-electron chi connectivity index (χ2n) is 5.96. The molecule has 0 radical (unpaired) electrons. The predicted octanol–water partition coefficient (Wildman–Crippen LogP) is 2.93. The number of carbonyl (C=O) groups is 1. The van der Waals surface area contributed by atoms with E-state index in [-0.39, 0.29) is 12.4 Å². The lowest BCUT2D eigenvalue weighted by Gasteiger charge is -2.10. The maximum Gasteiger partial charge on any atom is 0.260 e. The monoisotopic (exact) mass is 380 g/mol. The normalized spacial score (nSPS) is 10.6. The van der Waals surface area contributed by atoms with Crippen LogP contribution in [0.1, 0.15) is 16.1 Å². The number of guanidine groups is 1. The van der Waals surface area contributed by atoms with Crippen LogP contribution in [0, 0.1) is 12.3 Å². The molecule has 3 aromatic heterocycles. The summed E-state index contributed by atoms with van der Waals surface area (Å²) in [5.74, 6) is -0.839. The van der Waals surface area contributed by atoms with Gasteiger partial charge in [-0.25, -0.2) is 4.98 Å². The zero-order valence-electron chi connectivity index (χ0n) is 14.4. The second-order valence-corrected chi connectivity index (χ2v) is 5.96. The third-order valence-corrected chi connectivity index (χ3v) is 4.14. The Morgan fingerprint density at radius 2 is 1.93 bits per heavy atom. The number of hydrogen-bond donors (Lipinski definition) is 3. The van der Waals surface area contributed by atoms with E-state index in [9.17, 15) is 4.79 Å². The van der Waals surface area contributed by atoms with Gasteiger partial charge in [-0.2, -0.15) is 0 Å². The molecule has 0 fully saturated rings. The van der Waals surface area contributed by atoms with Crippen molar-refractivity contribution in [2.24, 2.45) is 5.73 Å². The van der Waals surface area contributed by atoms with E-state index in [0.29, 0.717) is 16.6 Å². The average molecular weight is 381 g/mol. The predicted molar refractivity (Wildman–Crippen MR) is 108 cm³/mol. The van der Waals surface area contributed by atoms with E-state index in [1.54, 1.807) is 18.5 Å². The number of fused-ring (bicyclic) bond motifs is 2. The van der Waals surface area contributed by atoms with Gasteiger partial charge in [0, 0.05) is 28.9 Å². The molecular weight excluding hydrogens is 364 g/mol. The van der Waals surface area contributed by atoms with Crippen molar-refractivity contribution in [2.45, 2.75) is 6.92 Å². The number of aryl methyl sites for hydroxylation is 1. The number of carbonyl (C=O) groups excluding carboxylic acids is 1. The van der Waals surface area contributed by atoms with Crippen molar-refractivity contribution in [3.63, 3.8) is 0 Å². The number of nitrogens with one attached hydrogen (secondary N) is 2. The van der Waals surface area contributed by atoms with Crippen LogP contribution in [0.25, 0.3) is 27.6 Å². The van der Waals surface area contributed by atoms with Crippen molar-refractivity contribution in [3.05, 3.63) is 66.1 Å². The van der Waals surface area contributed by atoms with Crippen LogP contribution in [0.2, 0.25) is 0 Å². The largest absolute Gasteiger partial charge is 0.370 e. The fourth-order valence-corrected chi connectivity index (χ4v) is 3.10. The zero-order chi connectivity index (χ0) is 18.3. The number of rotatable bonds is 2. The number of nitrogens with zero attached hydrogens (tertiary/aromatic N) is 3.